The van der Waals surface area contributed by atoms with Crippen molar-refractivity contribution in [2.75, 3.05) is 19.6 Å². The van der Waals surface area contributed by atoms with Crippen LogP contribution in [-0.2, 0) is 16.1 Å². The zero-order chi connectivity index (χ0) is 17.8. The van der Waals surface area contributed by atoms with E-state index in [-0.39, 0.29) is 16.9 Å². The first-order valence-corrected chi connectivity index (χ1v) is 11.2. The minimum absolute atomic E-state index is 0.0641. The first kappa shape index (κ1) is 17.2. The van der Waals surface area contributed by atoms with Crippen molar-refractivity contribution >= 4 is 17.2 Å². The largest absolute Gasteiger partial charge is 0.370 e. The van der Waals surface area contributed by atoms with Crippen LogP contribution in [0.4, 0.5) is 0 Å². The smallest absolute Gasteiger partial charge is 0.225 e. The SMILES string of the molecule is CC1(C(=O)NC[C@H]2[C@H]3CN(Cc4cccs4)C[C@]34CC[C@H]2O4)CCCC1. The van der Waals surface area contributed by atoms with Gasteiger partial charge in [0.1, 0.15) is 0 Å². The number of nitrogens with one attached hydrogen (secondary N) is 1. The van der Waals surface area contributed by atoms with Gasteiger partial charge in [0, 0.05) is 48.3 Å². The Morgan fingerprint density at radius 1 is 1.38 bits per heavy atom. The number of fused-ring (bicyclic) bond motifs is 1. The number of thiophene rings is 1. The third kappa shape index (κ3) is 2.74. The topological polar surface area (TPSA) is 41.6 Å². The van der Waals surface area contributed by atoms with Crippen LogP contribution in [0.25, 0.3) is 0 Å². The van der Waals surface area contributed by atoms with Gasteiger partial charge in [0.25, 0.3) is 0 Å². The molecule has 5 heteroatoms. The molecule has 0 radical (unpaired) electrons. The van der Waals surface area contributed by atoms with Gasteiger partial charge in [-0.15, -0.1) is 11.3 Å². The van der Waals surface area contributed by atoms with E-state index in [1.165, 1.54) is 30.6 Å². The zero-order valence-corrected chi connectivity index (χ0v) is 16.5. The lowest BCUT2D eigenvalue weighted by molar-refractivity contribution is -0.130. The maximum atomic E-state index is 12.7. The molecule has 1 spiro atoms. The van der Waals surface area contributed by atoms with Crippen LogP contribution in [0.3, 0.4) is 0 Å². The van der Waals surface area contributed by atoms with E-state index < -0.39 is 0 Å². The predicted molar refractivity (Wildman–Crippen MR) is 103 cm³/mol. The van der Waals surface area contributed by atoms with E-state index in [0.29, 0.717) is 17.9 Å². The summed E-state index contributed by atoms with van der Waals surface area (Å²) in [6, 6.07) is 4.37. The molecule has 1 aromatic heterocycles. The number of likely N-dealkylation sites (tertiary alicyclic amines) is 1. The van der Waals surface area contributed by atoms with Crippen LogP contribution in [0.5, 0.6) is 0 Å². The molecule has 4 atom stereocenters. The van der Waals surface area contributed by atoms with Gasteiger partial charge < -0.3 is 10.1 Å². The summed E-state index contributed by atoms with van der Waals surface area (Å²) in [5, 5.41) is 5.49. The lowest BCUT2D eigenvalue weighted by Gasteiger charge is -2.31. The Balaban J connectivity index is 1.24. The summed E-state index contributed by atoms with van der Waals surface area (Å²) >= 11 is 1.84. The molecule has 2 bridgehead atoms. The van der Waals surface area contributed by atoms with Crippen molar-refractivity contribution in [3.05, 3.63) is 22.4 Å². The van der Waals surface area contributed by atoms with E-state index in [4.69, 9.17) is 4.74 Å². The minimum atomic E-state index is -0.128. The summed E-state index contributed by atoms with van der Waals surface area (Å²) < 4.78 is 6.54. The maximum absolute atomic E-state index is 12.7. The van der Waals surface area contributed by atoms with Crippen LogP contribution < -0.4 is 5.32 Å². The molecule has 1 amide bonds. The highest BCUT2D eigenvalue weighted by atomic mass is 32.1. The van der Waals surface area contributed by atoms with E-state index in [9.17, 15) is 4.79 Å². The first-order valence-electron chi connectivity index (χ1n) is 10.3. The van der Waals surface area contributed by atoms with Crippen molar-refractivity contribution in [3.8, 4) is 0 Å². The molecule has 4 fully saturated rings. The fourth-order valence-electron chi connectivity index (χ4n) is 6.11. The third-order valence-corrected chi connectivity index (χ3v) is 8.43. The Morgan fingerprint density at radius 3 is 3.00 bits per heavy atom. The van der Waals surface area contributed by atoms with Crippen molar-refractivity contribution in [1.29, 1.82) is 0 Å². The molecule has 3 aliphatic heterocycles. The minimum Gasteiger partial charge on any atom is -0.370 e. The van der Waals surface area contributed by atoms with Gasteiger partial charge in [-0.1, -0.05) is 25.8 Å². The number of nitrogens with zero attached hydrogens (tertiary/aromatic N) is 1. The highest BCUT2D eigenvalue weighted by Crippen LogP contribution is 2.55. The van der Waals surface area contributed by atoms with Gasteiger partial charge in [-0.05, 0) is 37.1 Å². The number of carbonyl (C=O) groups is 1. The number of carbonyl (C=O) groups excluding carboxylic acids is 1. The Hall–Kier alpha value is -0.910. The standard InChI is InChI=1S/C21H30N2O2S/c1-20(7-2-3-8-20)19(24)22-11-16-17-13-23(12-15-5-4-10-26-15)14-21(17)9-6-18(16)25-21/h4-5,10,16-18H,2-3,6-9,11-14H2,1H3,(H,22,24)/t16-,17+,18+,21+/m0/s1. The van der Waals surface area contributed by atoms with Crippen molar-refractivity contribution in [2.45, 2.75) is 63.7 Å². The Labute approximate surface area is 160 Å². The summed E-state index contributed by atoms with van der Waals surface area (Å²) in [6.45, 7) is 6.17. The van der Waals surface area contributed by atoms with Crippen molar-refractivity contribution in [3.63, 3.8) is 0 Å². The summed E-state index contributed by atoms with van der Waals surface area (Å²) in [5.74, 6) is 1.35. The number of hydrogen-bond acceptors (Lipinski definition) is 4. The van der Waals surface area contributed by atoms with E-state index in [2.05, 4.69) is 34.7 Å². The molecule has 0 unspecified atom stereocenters. The molecule has 1 saturated carbocycles. The second-order valence-corrected chi connectivity index (χ2v) is 10.3. The number of amides is 1. The average molecular weight is 375 g/mol. The molecule has 0 aromatic carbocycles. The molecule has 4 heterocycles. The van der Waals surface area contributed by atoms with Crippen LogP contribution >= 0.6 is 11.3 Å². The highest BCUT2D eigenvalue weighted by molar-refractivity contribution is 7.09. The van der Waals surface area contributed by atoms with Crippen LogP contribution in [0.2, 0.25) is 0 Å². The van der Waals surface area contributed by atoms with Gasteiger partial charge in [0.05, 0.1) is 11.7 Å². The summed E-state index contributed by atoms with van der Waals surface area (Å²) in [7, 11) is 0. The lowest BCUT2D eigenvalue weighted by atomic mass is 9.73. The number of ether oxygens (including phenoxy) is 1. The molecule has 1 aliphatic carbocycles. The fourth-order valence-corrected chi connectivity index (χ4v) is 6.86. The van der Waals surface area contributed by atoms with Crippen LogP contribution in [0.15, 0.2) is 17.5 Å². The van der Waals surface area contributed by atoms with Gasteiger partial charge >= 0.3 is 0 Å². The second-order valence-electron chi connectivity index (χ2n) is 9.26. The van der Waals surface area contributed by atoms with Gasteiger partial charge in [0.15, 0.2) is 0 Å². The molecule has 1 N–H and O–H groups in total. The summed E-state index contributed by atoms with van der Waals surface area (Å²) in [5.41, 5.74) is -0.0639. The van der Waals surface area contributed by atoms with E-state index in [1.54, 1.807) is 0 Å². The summed E-state index contributed by atoms with van der Waals surface area (Å²) in [6.07, 6.45) is 7.22. The molecule has 26 heavy (non-hydrogen) atoms. The second kappa shape index (κ2) is 6.32. The molecular weight excluding hydrogens is 344 g/mol. The molecule has 5 rings (SSSR count). The van der Waals surface area contributed by atoms with Crippen LogP contribution in [0, 0.1) is 17.3 Å². The molecule has 142 valence electrons. The molecule has 3 saturated heterocycles. The van der Waals surface area contributed by atoms with E-state index in [1.807, 2.05) is 11.3 Å². The lowest BCUT2D eigenvalue weighted by Crippen LogP contribution is -2.45. The third-order valence-electron chi connectivity index (χ3n) is 7.57. The van der Waals surface area contributed by atoms with Gasteiger partial charge in [-0.2, -0.15) is 0 Å². The van der Waals surface area contributed by atoms with Gasteiger partial charge in [0.2, 0.25) is 5.91 Å². The van der Waals surface area contributed by atoms with E-state index >= 15 is 0 Å². The average Bonchev–Trinajstić information content (AvgIpc) is 3.40. The molecular formula is C21H30N2O2S. The quantitative estimate of drug-likeness (QED) is 0.859. The molecule has 1 aromatic rings. The Kier molecular flexibility index (Phi) is 4.18. The van der Waals surface area contributed by atoms with E-state index in [0.717, 1.165) is 39.0 Å². The van der Waals surface area contributed by atoms with Gasteiger partial charge in [-0.25, -0.2) is 0 Å². The number of hydrogen-bond donors (Lipinski definition) is 1. The molecule has 4 nitrogen and oxygen atoms in total. The van der Waals surface area contributed by atoms with Crippen molar-refractivity contribution < 1.29 is 9.53 Å². The fraction of sp³-hybridized carbons (Fsp3) is 0.762. The Bertz CT molecular complexity index is 670. The van der Waals surface area contributed by atoms with Crippen molar-refractivity contribution in [2.24, 2.45) is 17.3 Å². The van der Waals surface area contributed by atoms with Gasteiger partial charge in [-0.3, -0.25) is 9.69 Å². The first-order chi connectivity index (χ1) is 12.6. The van der Waals surface area contributed by atoms with Crippen LogP contribution in [0.1, 0.15) is 50.3 Å². The monoisotopic (exact) mass is 374 g/mol. The van der Waals surface area contributed by atoms with Crippen LogP contribution in [-0.4, -0.2) is 42.1 Å². The summed E-state index contributed by atoms with van der Waals surface area (Å²) in [4.78, 5) is 16.7. The zero-order valence-electron chi connectivity index (χ0n) is 15.7. The Morgan fingerprint density at radius 2 is 2.23 bits per heavy atom. The number of rotatable bonds is 5. The maximum Gasteiger partial charge on any atom is 0.225 e. The predicted octanol–water partition coefficient (Wildman–Crippen LogP) is 3.42. The van der Waals surface area contributed by atoms with Crippen molar-refractivity contribution in [1.82, 2.24) is 10.2 Å². The highest BCUT2D eigenvalue weighted by Gasteiger charge is 2.62. The molecule has 4 aliphatic rings. The normalized spacial score (nSPS) is 38.0.